The Bertz CT molecular complexity index is 1330. The van der Waals surface area contributed by atoms with Crippen molar-refractivity contribution in [3.8, 4) is 0 Å². The molecule has 0 aromatic carbocycles. The third-order valence-electron chi connectivity index (χ3n) is 0.993. The van der Waals surface area contributed by atoms with Crippen molar-refractivity contribution < 1.29 is 55.8 Å². The fourth-order valence-electron chi connectivity index (χ4n) is 0.465. The summed E-state index contributed by atoms with van der Waals surface area (Å²) >= 11 is 0. The summed E-state index contributed by atoms with van der Waals surface area (Å²) in [7, 11) is 0. The molecule has 0 heterocycles. The van der Waals surface area contributed by atoms with Crippen LogP contribution in [0.4, 0.5) is 0 Å². The van der Waals surface area contributed by atoms with Gasteiger partial charge in [0.05, 0.1) is 2.74 Å². The minimum absolute atomic E-state index is 4.15. The lowest BCUT2D eigenvalue weighted by atomic mass is 10.0. The van der Waals surface area contributed by atoms with Gasteiger partial charge in [0.15, 0.2) is 0 Å². The molecule has 0 spiro atoms. The Balaban J connectivity index is 7.85. The highest BCUT2D eigenvalue weighted by atomic mass is 16.2. The normalized spacial score (nSPS) is 53.4. The first-order chi connectivity index (χ1) is 23.2. The molecule has 0 saturated heterocycles. The van der Waals surface area contributed by atoms with Gasteiger partial charge in [0.2, 0.25) is 0 Å². The van der Waals surface area contributed by atoms with Crippen molar-refractivity contribution in [2.75, 3.05) is 6.56 Å². The molecule has 0 fully saturated rings. The van der Waals surface area contributed by atoms with Gasteiger partial charge >= 0.3 is 0 Å². The Hall–Kier alpha value is -0.0400. The zero-order chi connectivity index (χ0) is 47.0. The number of rotatable bonds is 16. The zero-order valence-electron chi connectivity index (χ0n) is 46.4. The van der Waals surface area contributed by atoms with Gasteiger partial charge in [-0.25, -0.2) is 0 Å². The fraction of sp³-hybridized carbons (Fsp3) is 1.00. The molecule has 0 aliphatic rings. The highest BCUT2D eigenvalue weighted by Crippen LogP contribution is 2.13. The monoisotopic (exact) mass is 308 g/mol. The first-order valence-corrected chi connectivity index (χ1v) is 4.47. The Morgan fingerprint density at radius 3 is 1.21 bits per heavy atom. The molecule has 1 heteroatoms. The average molecular weight is 308 g/mol. The SMILES string of the molecule is [2H]C([2H])([2H])C([2H])([2H])C([2H])([2H])C([2H])([2H])C([2H])([2H])C([2H])([2H])C([2H])([2H])C([2H])([2H])C([2H])([2H])C([2H])([2H])C([2H])([2H])C([2H])([2H])C([2H])([2H])C([2H])([2H])C([2H])([2H])C([2H])([2H])C([2H])([2H])C([2H])([2H])O. The summed E-state index contributed by atoms with van der Waals surface area (Å²) in [5.41, 5.74) is 0. The highest BCUT2D eigenvalue weighted by molar-refractivity contribution is 4.49. The molecular weight excluding hydrogens is 232 g/mol. The Labute approximate surface area is 174 Å². The largest absolute Gasteiger partial charge is 0.396 e. The van der Waals surface area contributed by atoms with Crippen LogP contribution in [0.5, 0.6) is 0 Å². The predicted molar refractivity (Wildman–Crippen MR) is 86.6 cm³/mol. The van der Waals surface area contributed by atoms with Gasteiger partial charge in [0, 0.05) is 54.5 Å². The van der Waals surface area contributed by atoms with Crippen LogP contribution >= 0.6 is 0 Å². The van der Waals surface area contributed by atoms with Gasteiger partial charge < -0.3 is 5.11 Å². The van der Waals surface area contributed by atoms with E-state index < -0.39 is 115 Å². The lowest BCUT2D eigenvalue weighted by Gasteiger charge is -2.03. The molecule has 116 valence electrons. The molecule has 0 aromatic rings. The molecule has 0 bridgehead atoms. The molecule has 1 N–H and O–H groups in total. The van der Waals surface area contributed by atoms with E-state index in [1.807, 2.05) is 0 Å². The summed E-state index contributed by atoms with van der Waals surface area (Å²) in [5.74, 6) is 0. The summed E-state index contributed by atoms with van der Waals surface area (Å²) in [6.45, 7) is -8.55. The van der Waals surface area contributed by atoms with Crippen molar-refractivity contribution in [1.29, 1.82) is 0 Å². The summed E-state index contributed by atoms with van der Waals surface area (Å²) in [6.07, 6.45) is -80.1. The van der Waals surface area contributed by atoms with Crippen LogP contribution < -0.4 is 0 Å². The second-order valence-electron chi connectivity index (χ2n) is 2.11. The van der Waals surface area contributed by atoms with Gasteiger partial charge in [-0.3, -0.25) is 0 Å². The molecule has 0 unspecified atom stereocenters. The lowest BCUT2D eigenvalue weighted by Crippen LogP contribution is -1.85. The van der Waals surface area contributed by atoms with Crippen molar-refractivity contribution in [2.45, 2.75) is 109 Å². The maximum atomic E-state index is 9.51. The maximum Gasteiger partial charge on any atom is 0.0564 e. The standard InChI is InChI=1S/C18H38O/c1-2-3-4-5-6-7-8-9-10-11-12-13-14-15-16-17-18-19/h19H,2-18H2,1H3/i1D3,2D2,3D2,4D2,5D2,6D2,7D2,8D2,9D2,10D2,11D2,12D2,13D2,14D2,15D2,16D2,17D2,18D2. The Morgan fingerprint density at radius 1 is 0.579 bits per heavy atom. The molecule has 0 atom stereocenters. The van der Waals surface area contributed by atoms with Crippen LogP contribution in [0.2, 0.25) is 0 Å². The lowest BCUT2D eigenvalue weighted by molar-refractivity contribution is 0.282. The molecule has 0 aliphatic carbocycles. The Morgan fingerprint density at radius 2 is 0.895 bits per heavy atom. The van der Waals surface area contributed by atoms with E-state index in [4.69, 9.17) is 50.7 Å². The fourth-order valence-corrected chi connectivity index (χ4v) is 0.465. The van der Waals surface area contributed by atoms with Gasteiger partial charge in [-0.05, 0) is 6.37 Å². The third kappa shape index (κ3) is 18.0. The molecule has 0 aliphatic heterocycles. The summed E-state index contributed by atoms with van der Waals surface area (Å²) in [5, 5.41) is 9.51. The van der Waals surface area contributed by atoms with E-state index in [0.717, 1.165) is 0 Å². The van der Waals surface area contributed by atoms with E-state index >= 15 is 0 Å². The van der Waals surface area contributed by atoms with E-state index in [9.17, 15) is 5.11 Å². The van der Waals surface area contributed by atoms with Crippen molar-refractivity contribution in [3.63, 3.8) is 0 Å². The minimum Gasteiger partial charge on any atom is -0.396 e. The van der Waals surface area contributed by atoms with Crippen molar-refractivity contribution in [3.05, 3.63) is 0 Å². The first kappa shape index (κ1) is 2.02. The van der Waals surface area contributed by atoms with E-state index in [2.05, 4.69) is 0 Å². The zero-order valence-corrected chi connectivity index (χ0v) is 9.45. The van der Waals surface area contributed by atoms with Crippen LogP contribution in [0, 0.1) is 0 Å². The van der Waals surface area contributed by atoms with Gasteiger partial charge in [-0.15, -0.1) is 0 Å². The minimum atomic E-state index is -5.26. The van der Waals surface area contributed by atoms with Crippen LogP contribution in [-0.2, 0) is 0 Å². The molecule has 19 heavy (non-hydrogen) atoms. The molecule has 0 aromatic heterocycles. The average Bonchev–Trinajstić information content (AvgIpc) is 2.94. The number of aliphatic hydroxyl groups is 1. The maximum absolute atomic E-state index is 9.51. The summed E-state index contributed by atoms with van der Waals surface area (Å²) < 4.78 is 293. The quantitative estimate of drug-likeness (QED) is 0.358. The van der Waals surface area contributed by atoms with Crippen molar-refractivity contribution >= 4 is 0 Å². The van der Waals surface area contributed by atoms with Gasteiger partial charge in [-0.2, -0.15) is 0 Å². The summed E-state index contributed by atoms with van der Waals surface area (Å²) in [4.78, 5) is 0. The van der Waals surface area contributed by atoms with Gasteiger partial charge in [0.25, 0.3) is 0 Å². The highest BCUT2D eigenvalue weighted by Gasteiger charge is 1.94. The Kier molecular flexibility index (Phi) is 1.91. The van der Waals surface area contributed by atoms with Gasteiger partial charge in [0.1, 0.15) is 0 Å². The van der Waals surface area contributed by atoms with E-state index in [1.54, 1.807) is 0 Å². The third-order valence-corrected chi connectivity index (χ3v) is 0.993. The van der Waals surface area contributed by atoms with Crippen LogP contribution in [-0.4, -0.2) is 11.7 Å². The van der Waals surface area contributed by atoms with E-state index in [-0.39, 0.29) is 0 Å². The van der Waals surface area contributed by atoms with E-state index in [0.29, 0.717) is 0 Å². The van der Waals surface area contributed by atoms with Crippen molar-refractivity contribution in [2.24, 2.45) is 0 Å². The molecular formula is C18H38O. The number of hydrogen-bond acceptors (Lipinski definition) is 1. The molecule has 0 amide bonds. The van der Waals surface area contributed by atoms with Crippen LogP contribution in [0.3, 0.4) is 0 Å². The van der Waals surface area contributed by atoms with Gasteiger partial charge in [-0.1, -0.05) is 102 Å². The smallest absolute Gasteiger partial charge is 0.0564 e. The van der Waals surface area contributed by atoms with Crippen LogP contribution in [0.1, 0.15) is 160 Å². The topological polar surface area (TPSA) is 20.2 Å². The first-order valence-electron chi connectivity index (χ1n) is 23.0. The summed E-state index contributed by atoms with van der Waals surface area (Å²) in [6, 6.07) is 0. The molecule has 0 radical (unpaired) electrons. The van der Waals surface area contributed by atoms with Crippen molar-refractivity contribution in [1.82, 2.24) is 0 Å². The van der Waals surface area contributed by atoms with Crippen LogP contribution in [0.25, 0.3) is 0 Å². The molecule has 0 rings (SSSR count). The van der Waals surface area contributed by atoms with E-state index in [1.165, 1.54) is 0 Å². The number of hydrogen-bond donors (Lipinski definition) is 1. The predicted octanol–water partition coefficient (Wildman–Crippen LogP) is 6.24. The van der Waals surface area contributed by atoms with Crippen LogP contribution in [0.15, 0.2) is 0 Å². The second-order valence-corrected chi connectivity index (χ2v) is 2.11. The molecule has 0 saturated carbocycles. The molecule has 1 nitrogen and oxygen atoms in total. The second kappa shape index (κ2) is 18.0.